The van der Waals surface area contributed by atoms with Crippen molar-refractivity contribution in [3.63, 3.8) is 0 Å². The summed E-state index contributed by atoms with van der Waals surface area (Å²) in [7, 11) is 0. The molecular formula is C24H23NO. The number of aromatic amines is 1. The number of rotatable bonds is 4. The Morgan fingerprint density at radius 3 is 1.96 bits per heavy atom. The predicted octanol–water partition coefficient (Wildman–Crippen LogP) is 5.65. The van der Waals surface area contributed by atoms with E-state index in [0.717, 1.165) is 27.6 Å². The fourth-order valence-electron chi connectivity index (χ4n) is 3.61. The smallest absolute Gasteiger partial charge is 0.0899 e. The van der Waals surface area contributed by atoms with Crippen LogP contribution in [0.25, 0.3) is 10.9 Å². The van der Waals surface area contributed by atoms with Crippen molar-refractivity contribution in [2.45, 2.75) is 25.9 Å². The number of aryl methyl sites for hydroxylation is 2. The second-order valence-corrected chi connectivity index (χ2v) is 7.03. The highest BCUT2D eigenvalue weighted by atomic mass is 16.3. The Hall–Kier alpha value is -2.84. The molecule has 3 aromatic carbocycles. The van der Waals surface area contributed by atoms with E-state index in [2.05, 4.69) is 67.4 Å². The lowest BCUT2D eigenvalue weighted by molar-refractivity contribution is 0.159. The average Bonchev–Trinajstić information content (AvgIpc) is 3.08. The number of benzene rings is 3. The molecular weight excluding hydrogens is 318 g/mol. The maximum atomic E-state index is 11.3. The van der Waals surface area contributed by atoms with Crippen LogP contribution < -0.4 is 0 Å². The van der Waals surface area contributed by atoms with Crippen molar-refractivity contribution in [3.05, 3.63) is 107 Å². The van der Waals surface area contributed by atoms with Crippen LogP contribution in [0.3, 0.4) is 0 Å². The van der Waals surface area contributed by atoms with E-state index in [1.807, 2.05) is 30.5 Å². The molecule has 26 heavy (non-hydrogen) atoms. The van der Waals surface area contributed by atoms with Crippen molar-refractivity contribution in [3.8, 4) is 0 Å². The number of aliphatic hydroxyl groups excluding tert-OH is 1. The van der Waals surface area contributed by atoms with Gasteiger partial charge in [0.2, 0.25) is 0 Å². The molecule has 0 radical (unpaired) electrons. The van der Waals surface area contributed by atoms with Crippen molar-refractivity contribution in [2.24, 2.45) is 0 Å². The largest absolute Gasteiger partial charge is 0.387 e. The first-order valence-electron chi connectivity index (χ1n) is 9.00. The number of H-pyrrole nitrogens is 1. The average molecular weight is 341 g/mol. The van der Waals surface area contributed by atoms with Crippen LogP contribution in [0.15, 0.2) is 79.0 Å². The lowest BCUT2D eigenvalue weighted by atomic mass is 9.83. The van der Waals surface area contributed by atoms with E-state index < -0.39 is 6.10 Å². The Kier molecular flexibility index (Phi) is 4.36. The molecule has 0 unspecified atom stereocenters. The normalized spacial score (nSPS) is 13.7. The van der Waals surface area contributed by atoms with Gasteiger partial charge in [-0.05, 0) is 36.6 Å². The number of fused-ring (bicyclic) bond motifs is 1. The van der Waals surface area contributed by atoms with Crippen LogP contribution in [-0.4, -0.2) is 10.1 Å². The molecule has 4 aromatic rings. The van der Waals surface area contributed by atoms with Crippen molar-refractivity contribution >= 4 is 10.9 Å². The predicted molar refractivity (Wildman–Crippen MR) is 107 cm³/mol. The zero-order valence-electron chi connectivity index (χ0n) is 15.1. The minimum Gasteiger partial charge on any atom is -0.387 e. The van der Waals surface area contributed by atoms with Gasteiger partial charge in [0.25, 0.3) is 0 Å². The third-order valence-electron chi connectivity index (χ3n) is 5.13. The van der Waals surface area contributed by atoms with E-state index >= 15 is 0 Å². The lowest BCUT2D eigenvalue weighted by Crippen LogP contribution is -2.12. The molecule has 0 aliphatic carbocycles. The van der Waals surface area contributed by atoms with Gasteiger partial charge < -0.3 is 10.1 Å². The number of aromatic nitrogens is 1. The Morgan fingerprint density at radius 2 is 1.31 bits per heavy atom. The first-order chi connectivity index (χ1) is 12.6. The second-order valence-electron chi connectivity index (χ2n) is 7.03. The van der Waals surface area contributed by atoms with Gasteiger partial charge in [-0.1, -0.05) is 77.9 Å². The molecule has 130 valence electrons. The highest BCUT2D eigenvalue weighted by Crippen LogP contribution is 2.40. The fourth-order valence-corrected chi connectivity index (χ4v) is 3.61. The van der Waals surface area contributed by atoms with Crippen molar-refractivity contribution < 1.29 is 5.11 Å². The van der Waals surface area contributed by atoms with Gasteiger partial charge in [-0.2, -0.15) is 0 Å². The first kappa shape index (κ1) is 16.6. The Balaban J connectivity index is 1.86. The van der Waals surface area contributed by atoms with E-state index in [-0.39, 0.29) is 5.92 Å². The molecule has 0 aliphatic rings. The summed E-state index contributed by atoms with van der Waals surface area (Å²) in [6, 6.07) is 24.9. The first-order valence-corrected chi connectivity index (χ1v) is 9.00. The second kappa shape index (κ2) is 6.81. The number of hydrogen-bond acceptors (Lipinski definition) is 1. The molecule has 0 saturated heterocycles. The topological polar surface area (TPSA) is 36.0 Å². The van der Waals surface area contributed by atoms with Crippen molar-refractivity contribution in [1.82, 2.24) is 4.98 Å². The number of para-hydroxylation sites is 1. The Bertz CT molecular complexity index is 1010. The number of hydrogen-bond donors (Lipinski definition) is 2. The summed E-state index contributed by atoms with van der Waals surface area (Å²) in [5, 5.41) is 12.5. The van der Waals surface area contributed by atoms with Crippen LogP contribution in [0.5, 0.6) is 0 Å². The highest BCUT2D eigenvalue weighted by molar-refractivity contribution is 5.84. The molecule has 1 aromatic heterocycles. The molecule has 1 heterocycles. The van der Waals surface area contributed by atoms with Crippen molar-refractivity contribution in [1.29, 1.82) is 0 Å². The maximum Gasteiger partial charge on any atom is 0.0899 e. The number of aliphatic hydroxyl groups is 1. The van der Waals surface area contributed by atoms with E-state index in [9.17, 15) is 5.11 Å². The monoisotopic (exact) mass is 341 g/mol. The fraction of sp³-hybridized carbons (Fsp3) is 0.167. The summed E-state index contributed by atoms with van der Waals surface area (Å²) < 4.78 is 0. The van der Waals surface area contributed by atoms with E-state index in [1.165, 1.54) is 11.1 Å². The molecule has 2 heteroatoms. The quantitative estimate of drug-likeness (QED) is 0.494. The van der Waals surface area contributed by atoms with Gasteiger partial charge in [0.1, 0.15) is 0 Å². The summed E-state index contributed by atoms with van der Waals surface area (Å²) in [6.07, 6.45) is 1.42. The van der Waals surface area contributed by atoms with Crippen LogP contribution in [0, 0.1) is 13.8 Å². The van der Waals surface area contributed by atoms with Crippen LogP contribution in [0.2, 0.25) is 0 Å². The zero-order chi connectivity index (χ0) is 18.1. The summed E-state index contributed by atoms with van der Waals surface area (Å²) in [4.78, 5) is 3.35. The summed E-state index contributed by atoms with van der Waals surface area (Å²) in [5.41, 5.74) is 6.68. The molecule has 4 rings (SSSR count). The summed E-state index contributed by atoms with van der Waals surface area (Å²) >= 11 is 0. The van der Waals surface area contributed by atoms with Gasteiger partial charge in [-0.25, -0.2) is 0 Å². The molecule has 0 bridgehead atoms. The van der Waals surface area contributed by atoms with E-state index in [1.54, 1.807) is 0 Å². The van der Waals surface area contributed by atoms with Crippen LogP contribution in [0.4, 0.5) is 0 Å². The van der Waals surface area contributed by atoms with Gasteiger partial charge in [0.05, 0.1) is 6.10 Å². The molecule has 0 fully saturated rings. The van der Waals surface area contributed by atoms with Gasteiger partial charge >= 0.3 is 0 Å². The van der Waals surface area contributed by atoms with Crippen molar-refractivity contribution in [2.75, 3.05) is 0 Å². The third-order valence-corrected chi connectivity index (χ3v) is 5.13. The SMILES string of the molecule is Cc1ccc([C@@H](c2c[nH]c3ccccc23)[C@@H](O)c2ccc(C)cc2)cc1. The Morgan fingerprint density at radius 1 is 0.731 bits per heavy atom. The Labute approximate surface area is 154 Å². The number of nitrogens with one attached hydrogen (secondary N) is 1. The highest BCUT2D eigenvalue weighted by Gasteiger charge is 2.27. The zero-order valence-corrected chi connectivity index (χ0v) is 15.1. The third kappa shape index (κ3) is 3.04. The molecule has 2 N–H and O–H groups in total. The lowest BCUT2D eigenvalue weighted by Gasteiger charge is -2.24. The molecule has 0 saturated carbocycles. The van der Waals surface area contributed by atoms with E-state index in [4.69, 9.17) is 0 Å². The standard InChI is InChI=1S/C24H23NO/c1-16-7-11-18(12-8-16)23(24(26)19-13-9-17(2)10-14-19)21-15-25-22-6-4-3-5-20(21)22/h3-15,23-26H,1-2H3/t23-,24-/m0/s1. The van der Waals surface area contributed by atoms with Gasteiger partial charge in [0.15, 0.2) is 0 Å². The maximum absolute atomic E-state index is 11.3. The molecule has 0 amide bonds. The summed E-state index contributed by atoms with van der Waals surface area (Å²) in [6.45, 7) is 4.15. The van der Waals surface area contributed by atoms with Gasteiger partial charge in [0, 0.05) is 23.0 Å². The molecule has 2 atom stereocenters. The van der Waals surface area contributed by atoms with Crippen LogP contribution >= 0.6 is 0 Å². The molecule has 0 spiro atoms. The summed E-state index contributed by atoms with van der Waals surface area (Å²) in [5.74, 6) is -0.130. The molecule has 2 nitrogen and oxygen atoms in total. The van der Waals surface area contributed by atoms with Gasteiger partial charge in [-0.15, -0.1) is 0 Å². The van der Waals surface area contributed by atoms with Crippen LogP contribution in [0.1, 0.15) is 39.8 Å². The minimum atomic E-state index is -0.613. The van der Waals surface area contributed by atoms with Gasteiger partial charge in [-0.3, -0.25) is 0 Å². The minimum absolute atomic E-state index is 0.130. The molecule has 0 aliphatic heterocycles. The van der Waals surface area contributed by atoms with E-state index in [0.29, 0.717) is 0 Å². The van der Waals surface area contributed by atoms with Crippen LogP contribution in [-0.2, 0) is 0 Å².